The minimum Gasteiger partial charge on any atom is -0.457 e. The highest BCUT2D eigenvalue weighted by Crippen LogP contribution is 2.33. The lowest BCUT2D eigenvalue weighted by Crippen LogP contribution is -2.37. The molecule has 0 spiro atoms. The van der Waals surface area contributed by atoms with Gasteiger partial charge in [0.15, 0.2) is 11.6 Å². The smallest absolute Gasteiger partial charge is 0.315 e. The van der Waals surface area contributed by atoms with Gasteiger partial charge in [-0.05, 0) is 86.7 Å². The summed E-state index contributed by atoms with van der Waals surface area (Å²) >= 11 is 1.85. The average Bonchev–Trinajstić information content (AvgIpc) is 4.03. The zero-order valence-electron chi connectivity index (χ0n) is 44.4. The zero-order chi connectivity index (χ0) is 56.0. The number of carbonyl (C=O) groups is 6. The first-order chi connectivity index (χ1) is 38.4. The van der Waals surface area contributed by atoms with Crippen molar-refractivity contribution in [1.82, 2.24) is 46.4 Å². The number of fused-ring (bicyclic) bond motifs is 1. The molecule has 2 aliphatic rings. The van der Waals surface area contributed by atoms with Gasteiger partial charge in [-0.15, -0.1) is 0 Å². The van der Waals surface area contributed by atoms with Crippen LogP contribution in [-0.2, 0) is 38.1 Å². The molecule has 1 unspecified atom stereocenters. The molecule has 8 N–H and O–H groups in total. The van der Waals surface area contributed by atoms with Crippen molar-refractivity contribution in [1.29, 1.82) is 0 Å². The number of thioether (sulfide) groups is 1. The Kier molecular flexibility index (Phi) is 26.0. The molecule has 0 bridgehead atoms. The van der Waals surface area contributed by atoms with Gasteiger partial charge in [0, 0.05) is 106 Å². The van der Waals surface area contributed by atoms with E-state index in [1.807, 2.05) is 11.8 Å². The fourth-order valence-electron chi connectivity index (χ4n) is 7.97. The summed E-state index contributed by atoms with van der Waals surface area (Å²) < 4.78 is 42.9. The molecule has 25 heteroatoms. The van der Waals surface area contributed by atoms with Crippen LogP contribution in [0, 0.1) is 5.82 Å². The van der Waals surface area contributed by atoms with Crippen LogP contribution in [0.15, 0.2) is 85.7 Å². The van der Waals surface area contributed by atoms with E-state index in [0.717, 1.165) is 30.9 Å². The van der Waals surface area contributed by atoms with Crippen LogP contribution in [-0.4, -0.2) is 165 Å². The number of anilines is 5. The maximum Gasteiger partial charge on any atom is 0.315 e. The molecule has 2 fully saturated rings. The van der Waals surface area contributed by atoms with Crippen LogP contribution >= 0.6 is 11.8 Å². The predicted octanol–water partition coefficient (Wildman–Crippen LogP) is 5.19. The fraction of sp³-hybridized carbons (Fsp3) is 0.463. The van der Waals surface area contributed by atoms with E-state index in [-0.39, 0.29) is 104 Å². The summed E-state index contributed by atoms with van der Waals surface area (Å²) in [5.74, 6) is 0.141. The number of halogens is 1. The van der Waals surface area contributed by atoms with E-state index in [4.69, 9.17) is 23.7 Å². The molecule has 79 heavy (non-hydrogen) atoms. The normalized spacial score (nSPS) is 15.2. The van der Waals surface area contributed by atoms with Crippen LogP contribution in [0.2, 0.25) is 0 Å². The standard InChI is InChI=1S/C54H71FN12O11S/c1-3-46(68)61-38-9-4-10-39(33-38)62-51-42(55)35-60-53(66-51)63-37-15-17-40(18-16-37)78-41-19-22-56-43(34-41)52(72)67(2)24-28-76-27-23-59-49(71)14-6-13-48(70)58-21-8-26-75-30-32-77-31-29-74-25-7-20-57-47(69)12-5-11-45-50-44(36-79-45)64-54(73)65-50/h3-4,9-10,15-19,22,33-35,44-45,50H,1,5-8,11-14,20-21,23-32,36H2,2H3,(H,57,69)(H,58,70)(H,59,71)(H,61,68)(H2,64,65,73)(H2,60,62,63,66)/t44-,45?,50-/m0/s1. The summed E-state index contributed by atoms with van der Waals surface area (Å²) in [6, 6.07) is 17.0. The Morgan fingerprint density at radius 2 is 1.39 bits per heavy atom. The fourth-order valence-corrected chi connectivity index (χ4v) is 9.52. The van der Waals surface area contributed by atoms with Crippen molar-refractivity contribution in [2.45, 2.75) is 68.7 Å². The minimum absolute atomic E-state index is 0.0336. The number of nitrogens with one attached hydrogen (secondary N) is 8. The van der Waals surface area contributed by atoms with Crippen molar-refractivity contribution < 1.29 is 56.8 Å². The maximum atomic E-state index is 14.6. The SMILES string of the molecule is C=CC(=O)Nc1cccc(Nc2nc(Nc3ccc(Oc4ccnc(C(=O)N(C)CCOCCNC(=O)CCCC(=O)NCCCOCCOCCOCCCNC(=O)CCCC5SC[C@@H]6NC(=O)N[C@H]56)c4)cc3)ncc2F)c1. The Balaban J connectivity index is 0.710. The molecule has 3 atom stereocenters. The summed E-state index contributed by atoms with van der Waals surface area (Å²) in [5, 5.41) is 23.4. The minimum atomic E-state index is -0.679. The molecule has 0 radical (unpaired) electrons. The Hall–Kier alpha value is -7.45. The van der Waals surface area contributed by atoms with E-state index < -0.39 is 5.82 Å². The van der Waals surface area contributed by atoms with Crippen LogP contribution < -0.4 is 47.3 Å². The third-order valence-corrected chi connectivity index (χ3v) is 13.6. The van der Waals surface area contributed by atoms with Crippen LogP contribution in [0.4, 0.5) is 38.0 Å². The number of nitrogens with zero attached hydrogens (tertiary/aromatic N) is 4. The Morgan fingerprint density at radius 3 is 2.10 bits per heavy atom. The number of aromatic nitrogens is 3. The second-order valence-electron chi connectivity index (χ2n) is 18.2. The summed E-state index contributed by atoms with van der Waals surface area (Å²) in [5.41, 5.74) is 1.75. The number of hydrogen-bond donors (Lipinski definition) is 8. The third-order valence-electron chi connectivity index (χ3n) is 12.1. The molecule has 2 aromatic heterocycles. The van der Waals surface area contributed by atoms with E-state index in [9.17, 15) is 33.2 Å². The first-order valence-electron chi connectivity index (χ1n) is 26.3. The summed E-state index contributed by atoms with van der Waals surface area (Å²) in [7, 11) is 1.63. The molecule has 2 aliphatic heterocycles. The maximum absolute atomic E-state index is 14.6. The largest absolute Gasteiger partial charge is 0.457 e. The molecule has 2 aromatic carbocycles. The number of ether oxygens (including phenoxy) is 5. The molecule has 0 aliphatic carbocycles. The molecular weight excluding hydrogens is 1040 g/mol. The van der Waals surface area contributed by atoms with E-state index in [2.05, 4.69) is 64.1 Å². The van der Waals surface area contributed by atoms with E-state index in [1.165, 1.54) is 17.2 Å². The van der Waals surface area contributed by atoms with Gasteiger partial charge in [-0.25, -0.2) is 14.2 Å². The zero-order valence-corrected chi connectivity index (χ0v) is 45.2. The monoisotopic (exact) mass is 1110 g/mol. The molecular formula is C54H71FN12O11S. The topological polar surface area (TPSA) is 287 Å². The quantitative estimate of drug-likeness (QED) is 0.0164. The van der Waals surface area contributed by atoms with E-state index in [1.54, 1.807) is 61.6 Å². The van der Waals surface area contributed by atoms with E-state index in [0.29, 0.717) is 112 Å². The Labute approximate surface area is 463 Å². The lowest BCUT2D eigenvalue weighted by atomic mass is 10.0. The van der Waals surface area contributed by atoms with Crippen LogP contribution in [0.5, 0.6) is 11.5 Å². The molecule has 426 valence electrons. The lowest BCUT2D eigenvalue weighted by molar-refractivity contribution is -0.123. The van der Waals surface area contributed by atoms with Gasteiger partial charge >= 0.3 is 6.03 Å². The molecule has 23 nitrogen and oxygen atoms in total. The summed E-state index contributed by atoms with van der Waals surface area (Å²) in [6.45, 7) is 8.22. The van der Waals surface area contributed by atoms with Gasteiger partial charge in [0.25, 0.3) is 5.91 Å². The number of rotatable bonds is 37. The van der Waals surface area contributed by atoms with Gasteiger partial charge in [0.05, 0.1) is 57.9 Å². The van der Waals surface area contributed by atoms with E-state index >= 15 is 0 Å². The summed E-state index contributed by atoms with van der Waals surface area (Å²) in [4.78, 5) is 87.0. The molecule has 2 saturated heterocycles. The number of amides is 7. The highest BCUT2D eigenvalue weighted by atomic mass is 32.2. The van der Waals surface area contributed by atoms with Crippen molar-refractivity contribution in [3.63, 3.8) is 0 Å². The van der Waals surface area contributed by atoms with Gasteiger partial charge < -0.3 is 71.1 Å². The van der Waals surface area contributed by atoms with Gasteiger partial charge in [0.1, 0.15) is 17.2 Å². The third kappa shape index (κ3) is 22.4. The molecule has 4 heterocycles. The molecule has 0 saturated carbocycles. The molecule has 4 aromatic rings. The first-order valence-corrected chi connectivity index (χ1v) is 27.4. The number of likely N-dealkylation sites (N-methyl/N-ethyl adjacent to an activating group) is 1. The van der Waals surface area contributed by atoms with Crippen molar-refractivity contribution in [3.05, 3.63) is 97.2 Å². The second-order valence-corrected chi connectivity index (χ2v) is 19.5. The van der Waals surface area contributed by atoms with Crippen molar-refractivity contribution in [2.24, 2.45) is 0 Å². The van der Waals surface area contributed by atoms with Crippen LogP contribution in [0.3, 0.4) is 0 Å². The average molecular weight is 1120 g/mol. The number of pyridine rings is 1. The number of hydrogen-bond acceptors (Lipinski definition) is 17. The second kappa shape index (κ2) is 33.8. The van der Waals surface area contributed by atoms with Gasteiger partial charge in [0.2, 0.25) is 29.6 Å². The van der Waals surface area contributed by atoms with Gasteiger partial charge in [-0.2, -0.15) is 16.7 Å². The van der Waals surface area contributed by atoms with Gasteiger partial charge in [-0.3, -0.25) is 29.0 Å². The van der Waals surface area contributed by atoms with Crippen molar-refractivity contribution in [3.8, 4) is 11.5 Å². The molecule has 7 amide bonds. The van der Waals surface area contributed by atoms with Crippen LogP contribution in [0.1, 0.15) is 61.9 Å². The highest BCUT2D eigenvalue weighted by molar-refractivity contribution is 8.00. The number of urea groups is 1. The Morgan fingerprint density at radius 1 is 0.734 bits per heavy atom. The predicted molar refractivity (Wildman–Crippen MR) is 296 cm³/mol. The van der Waals surface area contributed by atoms with Crippen molar-refractivity contribution >= 4 is 76.2 Å². The van der Waals surface area contributed by atoms with Crippen LogP contribution in [0.25, 0.3) is 0 Å². The lowest BCUT2D eigenvalue weighted by Gasteiger charge is -2.17. The van der Waals surface area contributed by atoms with Gasteiger partial charge in [-0.1, -0.05) is 12.6 Å². The Bertz CT molecular complexity index is 2620. The number of carbonyl (C=O) groups excluding carboxylic acids is 6. The first kappa shape index (κ1) is 60.8. The van der Waals surface area contributed by atoms with Crippen molar-refractivity contribution in [2.75, 3.05) is 108 Å². The highest BCUT2D eigenvalue weighted by Gasteiger charge is 2.42. The summed E-state index contributed by atoms with van der Waals surface area (Å²) in [6.07, 6.45) is 8.01. The molecule has 6 rings (SSSR count). The number of benzene rings is 2.